The summed E-state index contributed by atoms with van der Waals surface area (Å²) in [4.78, 5) is -0.750. The lowest BCUT2D eigenvalue weighted by Gasteiger charge is -2.25. The highest BCUT2D eigenvalue weighted by Crippen LogP contribution is 2.33. The normalized spacial score (nSPS) is 12.4. The lowest BCUT2D eigenvalue weighted by molar-refractivity contribution is 0.582. The number of rotatable bonds is 7. The fourth-order valence-corrected chi connectivity index (χ4v) is 8.34. The number of hydrogen-bond donors (Lipinski definition) is 0. The standard InChI is InChI=1S/C22H18N2O6S3/c25-31(26,19-11-4-1-5-12-19)23-18-10-17-22(23)24(32(27,28)20-13-6-2-7-14-20)33(29,30)21-15-8-3-9-16-21/h1-18H. The van der Waals surface area contributed by atoms with Gasteiger partial charge in [0.2, 0.25) is 0 Å². The molecule has 0 spiro atoms. The van der Waals surface area contributed by atoms with Gasteiger partial charge in [0.1, 0.15) is 0 Å². The summed E-state index contributed by atoms with van der Waals surface area (Å²) in [7, 11) is -13.8. The van der Waals surface area contributed by atoms with E-state index < -0.39 is 35.9 Å². The maximum Gasteiger partial charge on any atom is 0.278 e. The van der Waals surface area contributed by atoms with E-state index in [2.05, 4.69) is 0 Å². The molecule has 0 bridgehead atoms. The SMILES string of the molecule is O=S(=O)(c1ccccc1)N(c1cccn1S(=O)(=O)c1ccccc1)S(=O)(=O)c1ccccc1. The van der Waals surface area contributed by atoms with Gasteiger partial charge in [0.25, 0.3) is 30.1 Å². The summed E-state index contributed by atoms with van der Waals surface area (Å²) in [6.07, 6.45) is 1.10. The lowest BCUT2D eigenvalue weighted by Crippen LogP contribution is -2.39. The minimum atomic E-state index is -4.73. The Labute approximate surface area is 192 Å². The van der Waals surface area contributed by atoms with E-state index in [1.54, 1.807) is 18.2 Å². The van der Waals surface area contributed by atoms with Crippen LogP contribution in [-0.2, 0) is 30.1 Å². The molecule has 4 aromatic rings. The van der Waals surface area contributed by atoms with Crippen LogP contribution < -0.4 is 3.71 Å². The predicted molar refractivity (Wildman–Crippen MR) is 123 cm³/mol. The van der Waals surface area contributed by atoms with Gasteiger partial charge >= 0.3 is 0 Å². The Hall–Kier alpha value is -3.41. The number of sulfonamides is 2. The van der Waals surface area contributed by atoms with Crippen LogP contribution in [0.5, 0.6) is 0 Å². The molecule has 0 fully saturated rings. The first-order valence-electron chi connectivity index (χ1n) is 9.55. The van der Waals surface area contributed by atoms with Gasteiger partial charge in [-0.3, -0.25) is 0 Å². The summed E-state index contributed by atoms with van der Waals surface area (Å²) in [5, 5.41) is 0. The van der Waals surface area contributed by atoms with Gasteiger partial charge < -0.3 is 0 Å². The highest BCUT2D eigenvalue weighted by molar-refractivity contribution is 8.10. The van der Waals surface area contributed by atoms with Gasteiger partial charge in [0.05, 0.1) is 14.7 Å². The molecule has 0 amide bonds. The van der Waals surface area contributed by atoms with Crippen molar-refractivity contribution in [3.05, 3.63) is 109 Å². The Kier molecular flexibility index (Phi) is 5.87. The summed E-state index contributed by atoms with van der Waals surface area (Å²) >= 11 is 0. The first kappa shape index (κ1) is 22.8. The molecule has 1 aromatic heterocycles. The Morgan fingerprint density at radius 2 is 0.879 bits per heavy atom. The number of anilines is 1. The number of benzene rings is 3. The van der Waals surface area contributed by atoms with E-state index in [0.717, 1.165) is 12.3 Å². The van der Waals surface area contributed by atoms with Crippen LogP contribution in [0.4, 0.5) is 5.82 Å². The van der Waals surface area contributed by atoms with E-state index in [1.807, 2.05) is 0 Å². The number of aromatic nitrogens is 1. The topological polar surface area (TPSA) is 111 Å². The Balaban J connectivity index is 2.01. The molecule has 3 aromatic carbocycles. The fourth-order valence-electron chi connectivity index (χ4n) is 3.16. The van der Waals surface area contributed by atoms with Crippen molar-refractivity contribution in [2.45, 2.75) is 14.7 Å². The third kappa shape index (κ3) is 4.06. The zero-order valence-electron chi connectivity index (χ0n) is 17.0. The van der Waals surface area contributed by atoms with E-state index in [-0.39, 0.29) is 18.4 Å². The van der Waals surface area contributed by atoms with Crippen molar-refractivity contribution >= 4 is 35.9 Å². The molecular weight excluding hydrogens is 484 g/mol. The third-order valence-electron chi connectivity index (χ3n) is 4.70. The lowest BCUT2D eigenvalue weighted by atomic mass is 10.4. The molecule has 0 unspecified atom stereocenters. The van der Waals surface area contributed by atoms with E-state index in [1.165, 1.54) is 78.9 Å². The third-order valence-corrected chi connectivity index (χ3v) is 10.6. The molecule has 0 aliphatic heterocycles. The van der Waals surface area contributed by atoms with Crippen LogP contribution in [0.25, 0.3) is 0 Å². The Morgan fingerprint density at radius 1 is 0.485 bits per heavy atom. The van der Waals surface area contributed by atoms with Crippen molar-refractivity contribution in [2.24, 2.45) is 0 Å². The van der Waals surface area contributed by atoms with Crippen LogP contribution in [0.2, 0.25) is 0 Å². The van der Waals surface area contributed by atoms with Crippen LogP contribution in [-0.4, -0.2) is 29.2 Å². The molecule has 33 heavy (non-hydrogen) atoms. The first-order chi connectivity index (χ1) is 15.7. The molecule has 1 heterocycles. The molecular formula is C22H18N2O6S3. The van der Waals surface area contributed by atoms with Crippen LogP contribution in [0.3, 0.4) is 0 Å². The molecule has 0 saturated heterocycles. The van der Waals surface area contributed by atoms with Crippen LogP contribution in [0.1, 0.15) is 0 Å². The van der Waals surface area contributed by atoms with Gasteiger partial charge in [-0.25, -0.2) is 12.4 Å². The number of nitrogens with zero attached hydrogens (tertiary/aromatic N) is 2. The molecule has 170 valence electrons. The Morgan fingerprint density at radius 3 is 1.30 bits per heavy atom. The smallest absolute Gasteiger partial charge is 0.225 e. The molecule has 0 aliphatic rings. The highest BCUT2D eigenvalue weighted by Gasteiger charge is 2.40. The van der Waals surface area contributed by atoms with Crippen molar-refractivity contribution in [1.29, 1.82) is 0 Å². The van der Waals surface area contributed by atoms with Crippen molar-refractivity contribution < 1.29 is 25.3 Å². The average molecular weight is 503 g/mol. The van der Waals surface area contributed by atoms with E-state index in [9.17, 15) is 25.3 Å². The quantitative estimate of drug-likeness (QED) is 0.383. The summed E-state index contributed by atoms with van der Waals surface area (Å²) in [5.41, 5.74) is 0. The predicted octanol–water partition coefficient (Wildman–Crippen LogP) is 3.31. The van der Waals surface area contributed by atoms with Crippen molar-refractivity contribution in [3.63, 3.8) is 0 Å². The molecule has 4 rings (SSSR count). The maximum absolute atomic E-state index is 13.6. The average Bonchev–Trinajstić information content (AvgIpc) is 3.30. The molecule has 0 N–H and O–H groups in total. The van der Waals surface area contributed by atoms with Gasteiger partial charge in [0.15, 0.2) is 5.82 Å². The first-order valence-corrected chi connectivity index (χ1v) is 13.9. The van der Waals surface area contributed by atoms with Gasteiger partial charge in [-0.1, -0.05) is 54.6 Å². The summed E-state index contributed by atoms with van der Waals surface area (Å²) < 4.78 is 81.8. The van der Waals surface area contributed by atoms with Gasteiger partial charge in [0, 0.05) is 6.20 Å². The summed E-state index contributed by atoms with van der Waals surface area (Å²) in [6, 6.07) is 23.6. The second kappa shape index (κ2) is 8.50. The van der Waals surface area contributed by atoms with Crippen LogP contribution in [0.15, 0.2) is 124 Å². The minimum absolute atomic E-state index is 0.128. The van der Waals surface area contributed by atoms with Crippen molar-refractivity contribution in [3.8, 4) is 0 Å². The van der Waals surface area contributed by atoms with E-state index >= 15 is 0 Å². The summed E-state index contributed by atoms with van der Waals surface area (Å²) in [6.45, 7) is 0. The molecule has 0 saturated carbocycles. The van der Waals surface area contributed by atoms with Crippen LogP contribution in [0, 0.1) is 0 Å². The van der Waals surface area contributed by atoms with Crippen LogP contribution >= 0.6 is 0 Å². The molecule has 0 aliphatic carbocycles. The largest absolute Gasteiger partial charge is 0.278 e. The molecule has 11 heteroatoms. The monoisotopic (exact) mass is 502 g/mol. The maximum atomic E-state index is 13.6. The zero-order valence-corrected chi connectivity index (χ0v) is 19.4. The van der Waals surface area contributed by atoms with Gasteiger partial charge in [-0.2, -0.15) is 16.8 Å². The minimum Gasteiger partial charge on any atom is -0.225 e. The zero-order chi connectivity index (χ0) is 23.7. The summed E-state index contributed by atoms with van der Waals surface area (Å²) in [5.74, 6) is -0.563. The highest BCUT2D eigenvalue weighted by atomic mass is 32.3. The molecule has 0 atom stereocenters. The van der Waals surface area contributed by atoms with Gasteiger partial charge in [-0.05, 0) is 48.5 Å². The molecule has 0 radical (unpaired) electrons. The second-order valence-corrected chi connectivity index (χ2v) is 12.4. The van der Waals surface area contributed by atoms with Crippen molar-refractivity contribution in [2.75, 3.05) is 3.71 Å². The Bertz CT molecular complexity index is 1510. The second-order valence-electron chi connectivity index (χ2n) is 6.81. The van der Waals surface area contributed by atoms with E-state index in [0.29, 0.717) is 3.97 Å². The van der Waals surface area contributed by atoms with Crippen molar-refractivity contribution in [1.82, 2.24) is 3.97 Å². The van der Waals surface area contributed by atoms with E-state index in [4.69, 9.17) is 0 Å². The fraction of sp³-hybridized carbons (Fsp3) is 0. The molecule has 8 nitrogen and oxygen atoms in total. The van der Waals surface area contributed by atoms with Gasteiger partial charge in [-0.15, -0.1) is 3.71 Å². The number of hydrogen-bond acceptors (Lipinski definition) is 6.